The van der Waals surface area contributed by atoms with Crippen LogP contribution >= 0.6 is 23.4 Å². The van der Waals surface area contributed by atoms with E-state index in [0.717, 1.165) is 11.8 Å². The summed E-state index contributed by atoms with van der Waals surface area (Å²) in [4.78, 5) is 26.4. The second-order valence-corrected chi connectivity index (χ2v) is 7.27. The predicted molar refractivity (Wildman–Crippen MR) is 85.8 cm³/mol. The number of nitrogens with zero attached hydrogens (tertiary/aromatic N) is 1. The molecule has 1 rings (SSSR count). The molecule has 0 fully saturated rings. The molecule has 0 aliphatic heterocycles. The van der Waals surface area contributed by atoms with Gasteiger partial charge in [0, 0.05) is 11.9 Å². The number of nitrogens with one attached hydrogen (secondary N) is 1. The van der Waals surface area contributed by atoms with Crippen LogP contribution in [0.3, 0.4) is 0 Å². The van der Waals surface area contributed by atoms with Crippen molar-refractivity contribution in [2.24, 2.45) is 0 Å². The summed E-state index contributed by atoms with van der Waals surface area (Å²) >= 11 is 6.55. The van der Waals surface area contributed by atoms with Crippen LogP contribution in [0.15, 0.2) is 17.3 Å². The van der Waals surface area contributed by atoms with Gasteiger partial charge in [-0.05, 0) is 26.8 Å². The molecule has 0 saturated carbocycles. The predicted octanol–water partition coefficient (Wildman–Crippen LogP) is 3.82. The minimum Gasteiger partial charge on any atom is -0.480 e. The quantitative estimate of drug-likeness (QED) is 0.730. The van der Waals surface area contributed by atoms with Crippen LogP contribution in [0.5, 0.6) is 0 Å². The molecule has 0 spiro atoms. The molecule has 0 aromatic carbocycles. The van der Waals surface area contributed by atoms with E-state index in [0.29, 0.717) is 12.3 Å². The number of alkyl carbamates (subject to hydrolysis) is 1. The normalized spacial score (nSPS) is 13.2. The lowest BCUT2D eigenvalue weighted by Gasteiger charge is -2.21. The molecule has 25 heavy (non-hydrogen) atoms. The fraction of sp³-hybridized carbons (Fsp3) is 0.500. The Balaban J connectivity index is 2.75. The van der Waals surface area contributed by atoms with Gasteiger partial charge >= 0.3 is 18.2 Å². The number of halogens is 4. The summed E-state index contributed by atoms with van der Waals surface area (Å²) in [6.45, 7) is 4.84. The number of rotatable bonds is 5. The molecule has 1 atom stereocenters. The fourth-order valence-electron chi connectivity index (χ4n) is 1.47. The molecule has 2 N–H and O–H groups in total. The van der Waals surface area contributed by atoms with Gasteiger partial charge in [0.1, 0.15) is 16.7 Å². The summed E-state index contributed by atoms with van der Waals surface area (Å²) < 4.78 is 42.6. The van der Waals surface area contributed by atoms with E-state index in [9.17, 15) is 22.8 Å². The molecular weight excluding hydrogens is 385 g/mol. The van der Waals surface area contributed by atoms with Gasteiger partial charge in [-0.3, -0.25) is 0 Å². The molecule has 0 bridgehead atoms. The van der Waals surface area contributed by atoms with Gasteiger partial charge in [-0.2, -0.15) is 13.2 Å². The standard InChI is InChI=1S/C14H16ClF3N2O4S/c1-13(2,3)24-12(23)20-9(11(21)22)6-25-10-8(15)4-7(5-19-10)14(16,17)18/h4-5,9H,6H2,1-3H3,(H,20,23)(H,21,22). The Kier molecular flexibility index (Phi) is 6.95. The van der Waals surface area contributed by atoms with Crippen LogP contribution in [0.2, 0.25) is 5.02 Å². The number of aliphatic carboxylic acids is 1. The van der Waals surface area contributed by atoms with Gasteiger partial charge in [-0.1, -0.05) is 11.6 Å². The number of hydrogen-bond donors (Lipinski definition) is 2. The minimum atomic E-state index is -4.58. The average molecular weight is 401 g/mol. The van der Waals surface area contributed by atoms with Gasteiger partial charge in [0.15, 0.2) is 0 Å². The van der Waals surface area contributed by atoms with Crippen LogP contribution in [0.1, 0.15) is 26.3 Å². The molecule has 0 aliphatic carbocycles. The maximum Gasteiger partial charge on any atom is 0.417 e. The molecule has 1 unspecified atom stereocenters. The van der Waals surface area contributed by atoms with E-state index in [2.05, 4.69) is 10.3 Å². The van der Waals surface area contributed by atoms with Crippen molar-refractivity contribution < 1.29 is 32.6 Å². The molecule has 1 aromatic heterocycles. The lowest BCUT2D eigenvalue weighted by atomic mass is 10.2. The highest BCUT2D eigenvalue weighted by Gasteiger charge is 2.32. The maximum absolute atomic E-state index is 12.6. The molecule has 0 saturated heterocycles. The minimum absolute atomic E-state index is 0.0203. The van der Waals surface area contributed by atoms with Crippen LogP contribution in [0, 0.1) is 0 Å². The summed E-state index contributed by atoms with van der Waals surface area (Å²) in [5, 5.41) is 11.1. The van der Waals surface area contributed by atoms with Crippen molar-refractivity contribution in [2.75, 3.05) is 5.75 Å². The lowest BCUT2D eigenvalue weighted by Crippen LogP contribution is -2.44. The van der Waals surface area contributed by atoms with Crippen molar-refractivity contribution in [3.05, 3.63) is 22.8 Å². The third-order valence-corrected chi connectivity index (χ3v) is 4.01. The Morgan fingerprint density at radius 3 is 2.44 bits per heavy atom. The number of carboxylic acid groups (broad SMARTS) is 1. The van der Waals surface area contributed by atoms with Crippen molar-refractivity contribution in [1.82, 2.24) is 10.3 Å². The topological polar surface area (TPSA) is 88.5 Å². The van der Waals surface area contributed by atoms with Gasteiger partial charge in [0.25, 0.3) is 0 Å². The summed E-state index contributed by atoms with van der Waals surface area (Å²) in [7, 11) is 0. The maximum atomic E-state index is 12.6. The van der Waals surface area contributed by atoms with Crippen LogP contribution in [0.4, 0.5) is 18.0 Å². The van der Waals surface area contributed by atoms with Gasteiger partial charge in [-0.25, -0.2) is 14.6 Å². The summed E-state index contributed by atoms with van der Waals surface area (Å²) in [6, 6.07) is -0.631. The van der Waals surface area contributed by atoms with E-state index in [4.69, 9.17) is 21.4 Å². The summed E-state index contributed by atoms with van der Waals surface area (Å²) in [6.07, 6.45) is -4.90. The van der Waals surface area contributed by atoms with Gasteiger partial charge in [-0.15, -0.1) is 11.8 Å². The van der Waals surface area contributed by atoms with Crippen LogP contribution in [-0.4, -0.2) is 39.5 Å². The molecule has 0 radical (unpaired) electrons. The molecule has 6 nitrogen and oxygen atoms in total. The van der Waals surface area contributed by atoms with Crippen molar-refractivity contribution in [3.63, 3.8) is 0 Å². The molecule has 11 heteroatoms. The first-order valence-electron chi connectivity index (χ1n) is 6.87. The molecule has 1 heterocycles. The van der Waals surface area contributed by atoms with E-state index in [1.807, 2.05) is 0 Å². The van der Waals surface area contributed by atoms with E-state index in [1.54, 1.807) is 20.8 Å². The molecule has 1 amide bonds. The number of carbonyl (C=O) groups excluding carboxylic acids is 1. The number of ether oxygens (including phenoxy) is 1. The highest BCUT2D eigenvalue weighted by molar-refractivity contribution is 7.99. The number of amides is 1. The Hall–Kier alpha value is -1.68. The number of carboxylic acids is 1. The van der Waals surface area contributed by atoms with E-state index in [-0.39, 0.29) is 15.8 Å². The van der Waals surface area contributed by atoms with Crippen molar-refractivity contribution in [3.8, 4) is 0 Å². The van der Waals surface area contributed by atoms with E-state index in [1.165, 1.54) is 0 Å². The summed E-state index contributed by atoms with van der Waals surface area (Å²) in [5.74, 6) is -1.53. The van der Waals surface area contributed by atoms with Crippen LogP contribution in [-0.2, 0) is 15.7 Å². The SMILES string of the molecule is CC(C)(C)OC(=O)NC(CSc1ncc(C(F)(F)F)cc1Cl)C(=O)O. The number of thioether (sulfide) groups is 1. The Morgan fingerprint density at radius 1 is 1.40 bits per heavy atom. The zero-order valence-corrected chi connectivity index (χ0v) is 15.1. The summed E-state index contributed by atoms with van der Waals surface area (Å²) in [5.41, 5.74) is -1.82. The van der Waals surface area contributed by atoms with Crippen LogP contribution in [0.25, 0.3) is 0 Å². The third-order valence-electron chi connectivity index (χ3n) is 2.51. The second kappa shape index (κ2) is 8.13. The number of hydrogen-bond acceptors (Lipinski definition) is 5. The highest BCUT2D eigenvalue weighted by Crippen LogP contribution is 2.33. The highest BCUT2D eigenvalue weighted by atomic mass is 35.5. The first-order chi connectivity index (χ1) is 11.3. The van der Waals surface area contributed by atoms with Gasteiger partial charge in [0.05, 0.1) is 10.6 Å². The Morgan fingerprint density at radius 2 is 2.00 bits per heavy atom. The zero-order chi connectivity index (χ0) is 19.4. The first-order valence-corrected chi connectivity index (χ1v) is 8.24. The largest absolute Gasteiger partial charge is 0.480 e. The van der Waals surface area contributed by atoms with Crippen molar-refractivity contribution in [1.29, 1.82) is 0 Å². The second-order valence-electron chi connectivity index (χ2n) is 5.86. The van der Waals surface area contributed by atoms with Crippen LogP contribution < -0.4 is 5.32 Å². The molecule has 1 aromatic rings. The molecule has 140 valence electrons. The molecular formula is C14H16ClF3N2O4S. The first kappa shape index (κ1) is 21.4. The van der Waals surface area contributed by atoms with Crippen molar-refractivity contribution >= 4 is 35.4 Å². The lowest BCUT2D eigenvalue weighted by molar-refractivity contribution is -0.139. The van der Waals surface area contributed by atoms with Crippen molar-refractivity contribution in [2.45, 2.75) is 43.6 Å². The number of alkyl halides is 3. The average Bonchev–Trinajstić information content (AvgIpc) is 2.41. The number of carbonyl (C=O) groups is 2. The zero-order valence-electron chi connectivity index (χ0n) is 13.5. The van der Waals surface area contributed by atoms with Gasteiger partial charge in [0.2, 0.25) is 0 Å². The van der Waals surface area contributed by atoms with Gasteiger partial charge < -0.3 is 15.2 Å². The number of aromatic nitrogens is 1. The number of pyridine rings is 1. The monoisotopic (exact) mass is 400 g/mol. The Bertz CT molecular complexity index is 650. The smallest absolute Gasteiger partial charge is 0.417 e. The fourth-order valence-corrected chi connectivity index (χ4v) is 2.68. The third kappa shape index (κ3) is 7.39. The van der Waals surface area contributed by atoms with E-state index < -0.39 is 35.4 Å². The van der Waals surface area contributed by atoms with E-state index >= 15 is 0 Å². The molecule has 0 aliphatic rings. The Labute approximate surface area is 151 Å².